The fourth-order valence-corrected chi connectivity index (χ4v) is 1.28. The molecule has 0 fully saturated rings. The molecule has 0 bridgehead atoms. The molecule has 1 unspecified atom stereocenters. The molecule has 0 saturated heterocycles. The fraction of sp³-hybridized carbons (Fsp3) is 0.300. The molecule has 0 spiro atoms. The predicted octanol–water partition coefficient (Wildman–Crippen LogP) is 2.40. The Morgan fingerprint density at radius 1 is 1.11 bits per heavy atom. The quantitative estimate of drug-likeness (QED) is 0.829. The van der Waals surface area contributed by atoms with Crippen LogP contribution in [0, 0.1) is 0 Å². The monoisotopic (exact) mass is 270 g/mol. The van der Waals surface area contributed by atoms with Gasteiger partial charge in [0.15, 0.2) is 0 Å². The zero-order valence-electron chi connectivity index (χ0n) is 8.58. The first kappa shape index (κ1) is 14.4. The van der Waals surface area contributed by atoms with Crippen molar-refractivity contribution in [1.82, 2.24) is 0 Å². The van der Waals surface area contributed by atoms with Gasteiger partial charge >= 0.3 is 12.1 Å². The second-order valence-corrected chi connectivity index (χ2v) is 3.45. The largest absolute Gasteiger partial charge is 0.478 e. The van der Waals surface area contributed by atoms with Crippen molar-refractivity contribution in [3.05, 3.63) is 35.4 Å². The average Bonchev–Trinajstić information content (AvgIpc) is 2.26. The summed E-state index contributed by atoms with van der Waals surface area (Å²) >= 11 is 0. The SMILES string of the molecule is O=C(O)c1ccc(C(O)(C(F)F)C(F)(F)F)cc1. The van der Waals surface area contributed by atoms with E-state index >= 15 is 0 Å². The Morgan fingerprint density at radius 2 is 1.56 bits per heavy atom. The Hall–Kier alpha value is -1.70. The van der Waals surface area contributed by atoms with Gasteiger partial charge in [-0.2, -0.15) is 13.2 Å². The fourth-order valence-electron chi connectivity index (χ4n) is 1.28. The van der Waals surface area contributed by atoms with Gasteiger partial charge in [-0.3, -0.25) is 0 Å². The first-order valence-corrected chi connectivity index (χ1v) is 4.51. The first-order valence-electron chi connectivity index (χ1n) is 4.51. The van der Waals surface area contributed by atoms with Crippen molar-refractivity contribution >= 4 is 5.97 Å². The Kier molecular flexibility index (Phi) is 3.61. The number of aliphatic hydroxyl groups is 1. The highest BCUT2D eigenvalue weighted by atomic mass is 19.4. The lowest BCUT2D eigenvalue weighted by molar-refractivity contribution is -0.305. The van der Waals surface area contributed by atoms with Crippen molar-refractivity contribution in [3.8, 4) is 0 Å². The van der Waals surface area contributed by atoms with Crippen LogP contribution >= 0.6 is 0 Å². The normalized spacial score (nSPS) is 15.5. The van der Waals surface area contributed by atoms with Crippen LogP contribution in [0.1, 0.15) is 15.9 Å². The van der Waals surface area contributed by atoms with Gasteiger partial charge in [0.1, 0.15) is 0 Å². The molecule has 0 heterocycles. The number of hydrogen-bond donors (Lipinski definition) is 2. The molecule has 1 atom stereocenters. The molecule has 0 aliphatic rings. The predicted molar refractivity (Wildman–Crippen MR) is 49.4 cm³/mol. The maximum Gasteiger partial charge on any atom is 0.427 e. The minimum absolute atomic E-state index is 0.377. The third kappa shape index (κ3) is 2.28. The van der Waals surface area contributed by atoms with Gasteiger partial charge in [0.2, 0.25) is 5.60 Å². The summed E-state index contributed by atoms with van der Waals surface area (Å²) in [7, 11) is 0. The highest BCUT2D eigenvalue weighted by Crippen LogP contribution is 2.43. The lowest BCUT2D eigenvalue weighted by atomic mass is 9.93. The number of carboxylic acid groups (broad SMARTS) is 1. The number of carbonyl (C=O) groups is 1. The molecule has 1 aromatic carbocycles. The molecule has 0 aliphatic carbocycles. The summed E-state index contributed by atoms with van der Waals surface area (Å²) in [6.45, 7) is 0. The van der Waals surface area contributed by atoms with Crippen molar-refractivity contribution in [1.29, 1.82) is 0 Å². The zero-order valence-corrected chi connectivity index (χ0v) is 8.58. The molecule has 2 N–H and O–H groups in total. The molecule has 0 saturated carbocycles. The van der Waals surface area contributed by atoms with Crippen molar-refractivity contribution in [2.45, 2.75) is 18.2 Å². The summed E-state index contributed by atoms with van der Waals surface area (Å²) < 4.78 is 62.2. The van der Waals surface area contributed by atoms with Crippen LogP contribution in [-0.4, -0.2) is 28.8 Å². The summed E-state index contributed by atoms with van der Waals surface area (Å²) in [6.07, 6.45) is -9.67. The van der Waals surface area contributed by atoms with Crippen LogP contribution < -0.4 is 0 Å². The lowest BCUT2D eigenvalue weighted by Gasteiger charge is -2.29. The van der Waals surface area contributed by atoms with E-state index in [9.17, 15) is 26.7 Å². The minimum Gasteiger partial charge on any atom is -0.478 e. The molecule has 0 aromatic heterocycles. The summed E-state index contributed by atoms with van der Waals surface area (Å²) in [5.41, 5.74) is -5.81. The standard InChI is InChI=1S/C10H7F5O3/c11-8(12)9(18,10(13,14)15)6-3-1-5(2-4-6)7(16)17/h1-4,8,18H,(H,16,17). The second-order valence-electron chi connectivity index (χ2n) is 3.45. The van der Waals surface area contributed by atoms with E-state index < -0.39 is 29.7 Å². The van der Waals surface area contributed by atoms with E-state index in [1.165, 1.54) is 0 Å². The number of alkyl halides is 5. The molecule has 0 amide bonds. The molecule has 1 aromatic rings. The van der Waals surface area contributed by atoms with Gasteiger partial charge < -0.3 is 10.2 Å². The summed E-state index contributed by atoms with van der Waals surface area (Å²) in [6, 6.07) is 2.42. The Morgan fingerprint density at radius 3 is 1.83 bits per heavy atom. The van der Waals surface area contributed by atoms with Gasteiger partial charge in [0.25, 0.3) is 6.43 Å². The Balaban J connectivity index is 3.28. The van der Waals surface area contributed by atoms with Crippen molar-refractivity contribution in [3.63, 3.8) is 0 Å². The van der Waals surface area contributed by atoms with Gasteiger partial charge in [-0.1, -0.05) is 12.1 Å². The average molecular weight is 270 g/mol. The third-order valence-corrected chi connectivity index (χ3v) is 2.32. The first-order chi connectivity index (χ1) is 8.10. The van der Waals surface area contributed by atoms with E-state index in [4.69, 9.17) is 10.2 Å². The molecule has 100 valence electrons. The van der Waals surface area contributed by atoms with E-state index in [2.05, 4.69) is 0 Å². The number of aromatic carboxylic acids is 1. The minimum atomic E-state index is -5.58. The molecule has 18 heavy (non-hydrogen) atoms. The number of benzene rings is 1. The van der Waals surface area contributed by atoms with Gasteiger partial charge in [0.05, 0.1) is 5.56 Å². The van der Waals surface area contributed by atoms with Gasteiger partial charge in [-0.15, -0.1) is 0 Å². The number of carboxylic acids is 1. The highest BCUT2D eigenvalue weighted by Gasteiger charge is 2.61. The molecular formula is C10H7F5O3. The van der Waals surface area contributed by atoms with Crippen LogP contribution in [-0.2, 0) is 5.60 Å². The van der Waals surface area contributed by atoms with E-state index in [1.54, 1.807) is 0 Å². The maximum atomic E-state index is 12.5. The van der Waals surface area contributed by atoms with Crippen LogP contribution in [0.4, 0.5) is 22.0 Å². The third-order valence-electron chi connectivity index (χ3n) is 2.32. The highest BCUT2D eigenvalue weighted by molar-refractivity contribution is 5.87. The van der Waals surface area contributed by atoms with E-state index in [1.807, 2.05) is 0 Å². The van der Waals surface area contributed by atoms with Crippen molar-refractivity contribution in [2.24, 2.45) is 0 Å². The summed E-state index contributed by atoms with van der Waals surface area (Å²) in [5, 5.41) is 17.6. The van der Waals surface area contributed by atoms with Gasteiger partial charge in [-0.05, 0) is 17.7 Å². The van der Waals surface area contributed by atoms with Crippen LogP contribution in [0.15, 0.2) is 24.3 Å². The van der Waals surface area contributed by atoms with Crippen molar-refractivity contribution in [2.75, 3.05) is 0 Å². The summed E-state index contributed by atoms with van der Waals surface area (Å²) in [5.74, 6) is -1.42. The molecule has 3 nitrogen and oxygen atoms in total. The van der Waals surface area contributed by atoms with Crippen LogP contribution in [0.25, 0.3) is 0 Å². The smallest absolute Gasteiger partial charge is 0.427 e. The molecule has 0 aliphatic heterocycles. The Bertz CT molecular complexity index is 440. The second kappa shape index (κ2) is 4.52. The number of hydrogen-bond acceptors (Lipinski definition) is 2. The van der Waals surface area contributed by atoms with Crippen molar-refractivity contribution < 1.29 is 37.0 Å². The number of rotatable bonds is 3. The molecule has 1 rings (SSSR count). The van der Waals surface area contributed by atoms with Crippen LogP contribution in [0.2, 0.25) is 0 Å². The molecule has 8 heteroatoms. The van der Waals surface area contributed by atoms with E-state index in [0.29, 0.717) is 24.3 Å². The topological polar surface area (TPSA) is 57.5 Å². The van der Waals surface area contributed by atoms with Crippen LogP contribution in [0.5, 0.6) is 0 Å². The lowest BCUT2D eigenvalue weighted by Crippen LogP contribution is -2.48. The number of halogens is 5. The molecule has 0 radical (unpaired) electrons. The van der Waals surface area contributed by atoms with E-state index in [0.717, 1.165) is 0 Å². The zero-order chi connectivity index (χ0) is 14.1. The molecular weight excluding hydrogens is 263 g/mol. The van der Waals surface area contributed by atoms with E-state index in [-0.39, 0.29) is 5.56 Å². The maximum absolute atomic E-state index is 12.5. The van der Waals surface area contributed by atoms with Gasteiger partial charge in [-0.25, -0.2) is 13.6 Å². The van der Waals surface area contributed by atoms with Crippen LogP contribution in [0.3, 0.4) is 0 Å². The van der Waals surface area contributed by atoms with Gasteiger partial charge in [0, 0.05) is 0 Å². The summed E-state index contributed by atoms with van der Waals surface area (Å²) in [4.78, 5) is 10.5. The Labute approximate surface area is 97.5 Å².